The van der Waals surface area contributed by atoms with Crippen molar-refractivity contribution in [1.29, 1.82) is 10.7 Å². The van der Waals surface area contributed by atoms with Crippen LogP contribution in [-0.4, -0.2) is 18.7 Å². The molecule has 0 heterocycles. The predicted molar refractivity (Wildman–Crippen MR) is 74.3 cm³/mol. The van der Waals surface area contributed by atoms with Crippen molar-refractivity contribution in [2.45, 2.75) is 0 Å². The Hall–Kier alpha value is -1.89. The fraction of sp³-hybridized carbons (Fsp3) is 0.100. The third-order valence-corrected chi connectivity index (χ3v) is 2.74. The molecule has 0 radical (unpaired) electrons. The van der Waals surface area contributed by atoms with E-state index in [-0.39, 0.29) is 17.1 Å². The molecule has 0 aliphatic carbocycles. The Morgan fingerprint density at radius 1 is 1.67 bits per heavy atom. The lowest BCUT2D eigenvalue weighted by atomic mass is 10.3. The molecule has 0 amide bonds. The molecular weight excluding hydrogens is 352 g/mol. The maximum Gasteiger partial charge on any atom is 0.201 e. The Kier molecular flexibility index (Phi) is 4.85. The van der Waals surface area contributed by atoms with Gasteiger partial charge < -0.3 is 10.5 Å². The number of hydrogen-bond acceptors (Lipinski definition) is 5. The minimum absolute atomic E-state index is 0.0218. The summed E-state index contributed by atoms with van der Waals surface area (Å²) < 4.78 is 19.0. The standard InChI is InChI=1S/C10H9FIN5O/c1-18-9-6(3-2-5(12)8(9)11)16-17-7(4-13)10(14)15/h2-3,16H,1H3,(H3,14,15)/b17-7+. The second-order valence-electron chi connectivity index (χ2n) is 3.04. The van der Waals surface area contributed by atoms with E-state index in [4.69, 9.17) is 21.1 Å². The van der Waals surface area contributed by atoms with Gasteiger partial charge in [0.05, 0.1) is 10.7 Å². The number of nitriles is 1. The van der Waals surface area contributed by atoms with Crippen molar-refractivity contribution in [3.63, 3.8) is 0 Å². The van der Waals surface area contributed by atoms with E-state index < -0.39 is 11.7 Å². The van der Waals surface area contributed by atoms with E-state index in [0.717, 1.165) is 0 Å². The van der Waals surface area contributed by atoms with Crippen LogP contribution in [0.4, 0.5) is 10.1 Å². The highest BCUT2D eigenvalue weighted by Crippen LogP contribution is 2.30. The molecule has 0 fully saturated rings. The molecule has 0 aliphatic heterocycles. The Bertz CT molecular complexity index is 552. The van der Waals surface area contributed by atoms with Crippen molar-refractivity contribution in [1.82, 2.24) is 0 Å². The number of hydrogen-bond donors (Lipinski definition) is 3. The second kappa shape index (κ2) is 6.15. The minimum atomic E-state index is -0.528. The lowest BCUT2D eigenvalue weighted by Gasteiger charge is -2.09. The molecule has 0 bridgehead atoms. The summed E-state index contributed by atoms with van der Waals surface area (Å²) in [5.74, 6) is -1.03. The number of ether oxygens (including phenoxy) is 1. The number of nitrogens with two attached hydrogens (primary N) is 1. The topological polar surface area (TPSA) is 107 Å². The average molecular weight is 361 g/mol. The molecule has 0 aliphatic rings. The summed E-state index contributed by atoms with van der Waals surface area (Å²) in [6, 6.07) is 4.70. The molecule has 1 aromatic carbocycles. The van der Waals surface area contributed by atoms with Crippen LogP contribution in [0.25, 0.3) is 0 Å². The lowest BCUT2D eigenvalue weighted by molar-refractivity contribution is 0.387. The summed E-state index contributed by atoms with van der Waals surface area (Å²) in [6.07, 6.45) is 0. The summed E-state index contributed by atoms with van der Waals surface area (Å²) >= 11 is 1.82. The van der Waals surface area contributed by atoms with Crippen molar-refractivity contribution in [3.05, 3.63) is 21.5 Å². The van der Waals surface area contributed by atoms with Crippen LogP contribution < -0.4 is 15.9 Å². The van der Waals surface area contributed by atoms with Crippen LogP contribution in [-0.2, 0) is 0 Å². The van der Waals surface area contributed by atoms with Gasteiger partial charge in [-0.1, -0.05) is 0 Å². The molecule has 0 saturated heterocycles. The summed E-state index contributed by atoms with van der Waals surface area (Å²) in [7, 11) is 1.32. The third kappa shape index (κ3) is 3.07. The van der Waals surface area contributed by atoms with Gasteiger partial charge in [0.25, 0.3) is 0 Å². The monoisotopic (exact) mass is 361 g/mol. The Morgan fingerprint density at radius 3 is 2.83 bits per heavy atom. The fourth-order valence-corrected chi connectivity index (χ4v) is 1.51. The van der Waals surface area contributed by atoms with Crippen LogP contribution in [0.1, 0.15) is 0 Å². The molecule has 18 heavy (non-hydrogen) atoms. The number of halogens is 2. The van der Waals surface area contributed by atoms with E-state index in [2.05, 4.69) is 10.5 Å². The van der Waals surface area contributed by atoms with Gasteiger partial charge >= 0.3 is 0 Å². The fourth-order valence-electron chi connectivity index (χ4n) is 1.08. The van der Waals surface area contributed by atoms with Gasteiger partial charge in [-0.05, 0) is 34.7 Å². The first-order valence-electron chi connectivity index (χ1n) is 4.61. The molecule has 1 rings (SSSR count). The van der Waals surface area contributed by atoms with Gasteiger partial charge in [0, 0.05) is 0 Å². The number of benzene rings is 1. The highest BCUT2D eigenvalue weighted by atomic mass is 127. The van der Waals surface area contributed by atoms with Gasteiger partial charge in [-0.2, -0.15) is 10.4 Å². The summed E-state index contributed by atoms with van der Waals surface area (Å²) in [4.78, 5) is 0. The number of methoxy groups -OCH3 is 1. The maximum atomic E-state index is 13.7. The van der Waals surface area contributed by atoms with E-state index in [1.807, 2.05) is 22.6 Å². The maximum absolute atomic E-state index is 13.7. The normalized spacial score (nSPS) is 10.7. The minimum Gasteiger partial charge on any atom is -0.491 e. The Balaban J connectivity index is 3.10. The molecule has 0 saturated carbocycles. The van der Waals surface area contributed by atoms with Gasteiger partial charge in [0.1, 0.15) is 11.8 Å². The van der Waals surface area contributed by atoms with Crippen LogP contribution in [0.3, 0.4) is 0 Å². The number of rotatable bonds is 4. The second-order valence-corrected chi connectivity index (χ2v) is 4.20. The first kappa shape index (κ1) is 14.2. The highest BCUT2D eigenvalue weighted by Gasteiger charge is 2.12. The van der Waals surface area contributed by atoms with Gasteiger partial charge in [-0.3, -0.25) is 10.8 Å². The van der Waals surface area contributed by atoms with E-state index in [9.17, 15) is 4.39 Å². The number of anilines is 1. The van der Waals surface area contributed by atoms with Gasteiger partial charge in [0.2, 0.25) is 5.71 Å². The van der Waals surface area contributed by atoms with Crippen molar-refractivity contribution >= 4 is 39.8 Å². The van der Waals surface area contributed by atoms with Crippen LogP contribution in [0.15, 0.2) is 17.2 Å². The largest absolute Gasteiger partial charge is 0.491 e. The highest BCUT2D eigenvalue weighted by molar-refractivity contribution is 14.1. The quantitative estimate of drug-likeness (QED) is 0.328. The average Bonchev–Trinajstić information content (AvgIpc) is 2.34. The summed E-state index contributed by atoms with van der Waals surface area (Å²) in [5, 5.41) is 19.3. The van der Waals surface area contributed by atoms with E-state index in [1.54, 1.807) is 12.1 Å². The Morgan fingerprint density at radius 2 is 2.33 bits per heavy atom. The van der Waals surface area contributed by atoms with E-state index >= 15 is 0 Å². The smallest absolute Gasteiger partial charge is 0.201 e. The van der Waals surface area contributed by atoms with Gasteiger partial charge in [-0.25, -0.2) is 4.39 Å². The first-order valence-corrected chi connectivity index (χ1v) is 5.69. The molecular formula is C10H9FIN5O. The molecule has 8 heteroatoms. The number of amidine groups is 1. The molecule has 0 unspecified atom stereocenters. The van der Waals surface area contributed by atoms with Crippen molar-refractivity contribution in [3.8, 4) is 11.8 Å². The van der Waals surface area contributed by atoms with Gasteiger partial charge in [-0.15, -0.1) is 0 Å². The zero-order valence-electron chi connectivity index (χ0n) is 9.29. The number of hydrazone groups is 1. The molecule has 0 spiro atoms. The van der Waals surface area contributed by atoms with Gasteiger partial charge in [0.15, 0.2) is 17.4 Å². The van der Waals surface area contributed by atoms with Crippen LogP contribution in [0.5, 0.6) is 5.75 Å². The zero-order chi connectivity index (χ0) is 13.7. The summed E-state index contributed by atoms with van der Waals surface area (Å²) in [5.41, 5.74) is 7.51. The SMILES string of the molecule is COc1c(N/N=C(\C#N)C(=N)N)ccc(I)c1F. The molecule has 6 nitrogen and oxygen atoms in total. The molecule has 4 N–H and O–H groups in total. The van der Waals surface area contributed by atoms with Crippen molar-refractivity contribution in [2.24, 2.45) is 10.8 Å². The molecule has 0 aromatic heterocycles. The lowest BCUT2D eigenvalue weighted by Crippen LogP contribution is -2.22. The first-order chi connectivity index (χ1) is 8.51. The Labute approximate surface area is 116 Å². The summed E-state index contributed by atoms with van der Waals surface area (Å²) in [6.45, 7) is 0. The number of nitrogens with one attached hydrogen (secondary N) is 2. The van der Waals surface area contributed by atoms with Crippen molar-refractivity contribution < 1.29 is 9.13 Å². The number of nitrogens with zero attached hydrogens (tertiary/aromatic N) is 2. The van der Waals surface area contributed by atoms with E-state index in [0.29, 0.717) is 3.57 Å². The zero-order valence-corrected chi connectivity index (χ0v) is 11.4. The van der Waals surface area contributed by atoms with Crippen molar-refractivity contribution in [2.75, 3.05) is 12.5 Å². The van der Waals surface area contributed by atoms with Crippen LogP contribution in [0, 0.1) is 26.1 Å². The van der Waals surface area contributed by atoms with Crippen LogP contribution in [0.2, 0.25) is 0 Å². The third-order valence-electron chi connectivity index (χ3n) is 1.90. The van der Waals surface area contributed by atoms with E-state index in [1.165, 1.54) is 13.2 Å². The predicted octanol–water partition coefficient (Wildman–Crippen LogP) is 1.67. The molecule has 1 aromatic rings. The van der Waals surface area contributed by atoms with Crippen LogP contribution >= 0.6 is 22.6 Å². The molecule has 0 atom stereocenters. The molecule has 94 valence electrons.